The fourth-order valence-corrected chi connectivity index (χ4v) is 2.06. The first-order valence-corrected chi connectivity index (χ1v) is 6.07. The lowest BCUT2D eigenvalue weighted by Crippen LogP contribution is -2.12. The predicted octanol–water partition coefficient (Wildman–Crippen LogP) is 3.70. The van der Waals surface area contributed by atoms with Crippen LogP contribution in [0.15, 0.2) is 41.8 Å². The minimum atomic E-state index is 0.102. The van der Waals surface area contributed by atoms with Gasteiger partial charge in [0.25, 0.3) is 0 Å². The lowest BCUT2D eigenvalue weighted by Gasteiger charge is -2.04. The zero-order chi connectivity index (χ0) is 11.4. The van der Waals surface area contributed by atoms with Gasteiger partial charge in [0.2, 0.25) is 0 Å². The quantitative estimate of drug-likeness (QED) is 0.840. The molecule has 0 unspecified atom stereocenters. The van der Waals surface area contributed by atoms with E-state index in [9.17, 15) is 4.79 Å². The molecule has 0 aliphatic carbocycles. The number of benzene rings is 1. The molecule has 1 aromatic carbocycles. The molecule has 0 atom stereocenters. The highest BCUT2D eigenvalue weighted by atomic mass is 35.5. The van der Waals surface area contributed by atoms with Crippen LogP contribution in [0.1, 0.15) is 9.67 Å². The normalized spacial score (nSPS) is 10.1. The highest BCUT2D eigenvalue weighted by Crippen LogP contribution is 2.14. The summed E-state index contributed by atoms with van der Waals surface area (Å²) in [5.74, 6) is 0.102. The van der Waals surface area contributed by atoms with Gasteiger partial charge in [0.1, 0.15) is 0 Å². The molecule has 0 saturated heterocycles. The molecule has 1 heterocycles. The molecule has 0 bridgehead atoms. The van der Waals surface area contributed by atoms with E-state index in [0.717, 1.165) is 10.6 Å². The van der Waals surface area contributed by atoms with E-state index in [1.54, 1.807) is 12.1 Å². The van der Waals surface area contributed by atoms with E-state index in [1.807, 2.05) is 29.6 Å². The van der Waals surface area contributed by atoms with Crippen LogP contribution in [0.4, 0.5) is 5.69 Å². The van der Waals surface area contributed by atoms with Gasteiger partial charge in [0.05, 0.1) is 11.4 Å². The van der Waals surface area contributed by atoms with Crippen molar-refractivity contribution in [2.75, 3.05) is 11.9 Å². The molecule has 1 N–H and O–H groups in total. The molecule has 16 heavy (non-hydrogen) atoms. The van der Waals surface area contributed by atoms with Crippen molar-refractivity contribution in [3.63, 3.8) is 0 Å². The monoisotopic (exact) mass is 251 g/mol. The number of hydrogen-bond acceptors (Lipinski definition) is 3. The summed E-state index contributed by atoms with van der Waals surface area (Å²) in [5.41, 5.74) is 0.898. The van der Waals surface area contributed by atoms with E-state index < -0.39 is 0 Å². The number of halogens is 1. The van der Waals surface area contributed by atoms with E-state index >= 15 is 0 Å². The fraction of sp³-hybridized carbons (Fsp3) is 0.0833. The molecule has 0 aliphatic rings. The van der Waals surface area contributed by atoms with Crippen molar-refractivity contribution in [2.45, 2.75) is 0 Å². The average molecular weight is 252 g/mol. The first-order chi connectivity index (χ1) is 7.75. The number of thiophene rings is 1. The summed E-state index contributed by atoms with van der Waals surface area (Å²) in [6.45, 7) is 0.308. The van der Waals surface area contributed by atoms with Crippen molar-refractivity contribution >= 4 is 34.4 Å². The Hall–Kier alpha value is -1.32. The maximum absolute atomic E-state index is 11.7. The number of rotatable bonds is 4. The Labute approximate surface area is 103 Å². The Balaban J connectivity index is 1.93. The SMILES string of the molecule is O=C(CNc1ccc(Cl)cc1)c1cccs1. The Morgan fingerprint density at radius 2 is 2.00 bits per heavy atom. The van der Waals surface area contributed by atoms with Crippen LogP contribution in [0.2, 0.25) is 5.02 Å². The van der Waals surface area contributed by atoms with E-state index in [2.05, 4.69) is 5.32 Å². The molecule has 2 aromatic rings. The summed E-state index contributed by atoms with van der Waals surface area (Å²) in [7, 11) is 0. The summed E-state index contributed by atoms with van der Waals surface area (Å²) in [5, 5.41) is 5.65. The largest absolute Gasteiger partial charge is 0.378 e. The minimum Gasteiger partial charge on any atom is -0.378 e. The zero-order valence-electron chi connectivity index (χ0n) is 8.44. The van der Waals surface area contributed by atoms with Gasteiger partial charge in [-0.1, -0.05) is 17.7 Å². The van der Waals surface area contributed by atoms with Crippen molar-refractivity contribution in [3.05, 3.63) is 51.7 Å². The van der Waals surface area contributed by atoms with Gasteiger partial charge in [0, 0.05) is 10.7 Å². The molecular weight excluding hydrogens is 242 g/mol. The van der Waals surface area contributed by atoms with E-state index in [1.165, 1.54) is 11.3 Å². The summed E-state index contributed by atoms with van der Waals surface area (Å²) in [4.78, 5) is 12.4. The Kier molecular flexibility index (Phi) is 3.59. The van der Waals surface area contributed by atoms with Gasteiger partial charge in [-0.2, -0.15) is 0 Å². The van der Waals surface area contributed by atoms with Crippen molar-refractivity contribution in [3.8, 4) is 0 Å². The highest BCUT2D eigenvalue weighted by molar-refractivity contribution is 7.12. The lowest BCUT2D eigenvalue weighted by atomic mass is 10.3. The smallest absolute Gasteiger partial charge is 0.191 e. The number of carbonyl (C=O) groups excluding carboxylic acids is 1. The summed E-state index contributed by atoms with van der Waals surface area (Å²) < 4.78 is 0. The van der Waals surface area contributed by atoms with Crippen molar-refractivity contribution in [2.24, 2.45) is 0 Å². The van der Waals surface area contributed by atoms with Gasteiger partial charge >= 0.3 is 0 Å². The molecule has 1 aromatic heterocycles. The second-order valence-electron chi connectivity index (χ2n) is 3.26. The van der Waals surface area contributed by atoms with Crippen LogP contribution >= 0.6 is 22.9 Å². The molecule has 0 amide bonds. The number of Topliss-reactive ketones (excluding diaryl/α,β-unsaturated/α-hetero) is 1. The average Bonchev–Trinajstić information content (AvgIpc) is 2.81. The Bertz CT molecular complexity index is 464. The zero-order valence-corrected chi connectivity index (χ0v) is 10.0. The van der Waals surface area contributed by atoms with Gasteiger partial charge in [-0.25, -0.2) is 0 Å². The molecule has 82 valence electrons. The van der Waals surface area contributed by atoms with Crippen LogP contribution < -0.4 is 5.32 Å². The predicted molar refractivity (Wildman–Crippen MR) is 68.6 cm³/mol. The van der Waals surface area contributed by atoms with Crippen molar-refractivity contribution < 1.29 is 4.79 Å². The molecule has 0 radical (unpaired) electrons. The number of hydrogen-bond donors (Lipinski definition) is 1. The lowest BCUT2D eigenvalue weighted by molar-refractivity contribution is 0.101. The van der Waals surface area contributed by atoms with Gasteiger partial charge in [0.15, 0.2) is 5.78 Å². The van der Waals surface area contributed by atoms with Crippen LogP contribution in [-0.4, -0.2) is 12.3 Å². The van der Waals surface area contributed by atoms with Crippen LogP contribution in [0, 0.1) is 0 Å². The number of anilines is 1. The second kappa shape index (κ2) is 5.14. The third-order valence-corrected chi connectivity index (χ3v) is 3.26. The first-order valence-electron chi connectivity index (χ1n) is 4.82. The number of ketones is 1. The summed E-state index contributed by atoms with van der Waals surface area (Å²) in [6, 6.07) is 11.0. The maximum atomic E-state index is 11.7. The van der Waals surface area contributed by atoms with Crippen LogP contribution in [0.5, 0.6) is 0 Å². The molecule has 0 spiro atoms. The molecule has 2 rings (SSSR count). The van der Waals surface area contributed by atoms with Gasteiger partial charge in [-0.3, -0.25) is 4.79 Å². The van der Waals surface area contributed by atoms with Crippen molar-refractivity contribution in [1.29, 1.82) is 0 Å². The second-order valence-corrected chi connectivity index (χ2v) is 4.65. The molecule has 0 aliphatic heterocycles. The van der Waals surface area contributed by atoms with Crippen LogP contribution in [-0.2, 0) is 0 Å². The fourth-order valence-electron chi connectivity index (χ4n) is 1.27. The molecule has 0 fully saturated rings. The van der Waals surface area contributed by atoms with E-state index in [-0.39, 0.29) is 5.78 Å². The minimum absolute atomic E-state index is 0.102. The third kappa shape index (κ3) is 2.84. The topological polar surface area (TPSA) is 29.1 Å². The summed E-state index contributed by atoms with van der Waals surface area (Å²) in [6.07, 6.45) is 0. The first kappa shape index (κ1) is 11.2. The van der Waals surface area contributed by atoms with Gasteiger partial charge in [-0.05, 0) is 35.7 Å². The molecule has 0 saturated carbocycles. The highest BCUT2D eigenvalue weighted by Gasteiger charge is 2.05. The molecule has 4 heteroatoms. The molecular formula is C12H10ClNOS. The van der Waals surface area contributed by atoms with E-state index in [4.69, 9.17) is 11.6 Å². The van der Waals surface area contributed by atoms with Gasteiger partial charge in [-0.15, -0.1) is 11.3 Å². The van der Waals surface area contributed by atoms with Crippen LogP contribution in [0.25, 0.3) is 0 Å². The Morgan fingerprint density at radius 1 is 1.25 bits per heavy atom. The van der Waals surface area contributed by atoms with Gasteiger partial charge < -0.3 is 5.32 Å². The Morgan fingerprint density at radius 3 is 2.62 bits per heavy atom. The maximum Gasteiger partial charge on any atom is 0.191 e. The standard InChI is InChI=1S/C12H10ClNOS/c13-9-3-5-10(6-4-9)14-8-11(15)12-2-1-7-16-12/h1-7,14H,8H2. The summed E-state index contributed by atoms with van der Waals surface area (Å²) >= 11 is 7.22. The number of nitrogens with one attached hydrogen (secondary N) is 1. The number of carbonyl (C=O) groups is 1. The van der Waals surface area contributed by atoms with Crippen molar-refractivity contribution in [1.82, 2.24) is 0 Å². The third-order valence-electron chi connectivity index (χ3n) is 2.09. The van der Waals surface area contributed by atoms with E-state index in [0.29, 0.717) is 11.6 Å². The molecule has 2 nitrogen and oxygen atoms in total. The van der Waals surface area contributed by atoms with Crippen LogP contribution in [0.3, 0.4) is 0 Å².